The Labute approximate surface area is 165 Å². The predicted octanol–water partition coefficient (Wildman–Crippen LogP) is 1.61. The molecule has 0 aliphatic heterocycles. The number of aliphatic imine (C=N–C) groups is 1. The average Bonchev–Trinajstić information content (AvgIpc) is 3.00. The first-order valence-corrected chi connectivity index (χ1v) is 7.72. The zero-order valence-electron chi connectivity index (χ0n) is 15.0. The molecule has 0 saturated carbocycles. The molecule has 2 aromatic rings. The van der Waals surface area contributed by atoms with Crippen LogP contribution in [0.5, 0.6) is 0 Å². The van der Waals surface area contributed by atoms with Crippen LogP contribution in [0.2, 0.25) is 0 Å². The lowest BCUT2D eigenvalue weighted by molar-refractivity contribution is 0.0827. The number of halogens is 1. The van der Waals surface area contributed by atoms with Gasteiger partial charge in [0.05, 0.1) is 6.20 Å². The molecule has 0 radical (unpaired) electrons. The zero-order chi connectivity index (χ0) is 17.5. The molecule has 1 aromatic carbocycles. The minimum atomic E-state index is 0. The van der Waals surface area contributed by atoms with Crippen LogP contribution >= 0.6 is 24.0 Å². The number of hydrogen-bond donors (Lipinski definition) is 2. The molecule has 2 rings (SSSR count). The summed E-state index contributed by atoms with van der Waals surface area (Å²) in [6.07, 6.45) is 3.78. The molecule has 1 aromatic heterocycles. The Morgan fingerprint density at radius 2 is 1.76 bits per heavy atom. The van der Waals surface area contributed by atoms with Gasteiger partial charge in [0.2, 0.25) is 0 Å². The van der Waals surface area contributed by atoms with E-state index in [0.29, 0.717) is 24.6 Å². The van der Waals surface area contributed by atoms with Gasteiger partial charge in [0.15, 0.2) is 5.96 Å². The minimum absolute atomic E-state index is 0. The van der Waals surface area contributed by atoms with E-state index in [4.69, 9.17) is 0 Å². The fourth-order valence-corrected chi connectivity index (χ4v) is 2.18. The second kappa shape index (κ2) is 10.0. The molecule has 0 saturated heterocycles. The van der Waals surface area contributed by atoms with Crippen molar-refractivity contribution in [2.45, 2.75) is 13.1 Å². The number of carbonyl (C=O) groups is 1. The van der Waals surface area contributed by atoms with Gasteiger partial charge in [-0.25, -0.2) is 0 Å². The molecule has 0 unspecified atom stereocenters. The van der Waals surface area contributed by atoms with Crippen molar-refractivity contribution >= 4 is 35.8 Å². The molecule has 1 heterocycles. The molecule has 136 valence electrons. The molecular weight excluding hydrogens is 431 g/mol. The number of nitrogens with one attached hydrogen (secondary N) is 2. The summed E-state index contributed by atoms with van der Waals surface area (Å²) in [6, 6.07) is 7.56. The normalized spacial score (nSPS) is 10.8. The van der Waals surface area contributed by atoms with Crippen molar-refractivity contribution in [1.29, 1.82) is 0 Å². The van der Waals surface area contributed by atoms with Gasteiger partial charge in [-0.15, -0.1) is 24.0 Å². The largest absolute Gasteiger partial charge is 0.352 e. The van der Waals surface area contributed by atoms with Gasteiger partial charge in [0, 0.05) is 58.6 Å². The smallest absolute Gasteiger partial charge is 0.253 e. The third kappa shape index (κ3) is 6.37. The molecule has 1 amide bonds. The average molecular weight is 456 g/mol. The lowest BCUT2D eigenvalue weighted by Gasteiger charge is -2.12. The zero-order valence-corrected chi connectivity index (χ0v) is 17.3. The highest BCUT2D eigenvalue weighted by Gasteiger charge is 2.07. The van der Waals surface area contributed by atoms with Gasteiger partial charge in [-0.2, -0.15) is 5.10 Å². The third-order valence-electron chi connectivity index (χ3n) is 3.51. The highest BCUT2D eigenvalue weighted by atomic mass is 127. The quantitative estimate of drug-likeness (QED) is 0.408. The fraction of sp³-hybridized carbons (Fsp3) is 0.353. The van der Waals surface area contributed by atoms with Crippen LogP contribution in [0.15, 0.2) is 41.7 Å². The Morgan fingerprint density at radius 3 is 2.24 bits per heavy atom. The number of aromatic nitrogens is 2. The number of hydrogen-bond acceptors (Lipinski definition) is 3. The lowest BCUT2D eigenvalue weighted by atomic mass is 10.1. The molecule has 25 heavy (non-hydrogen) atoms. The molecule has 7 nitrogen and oxygen atoms in total. The molecule has 0 atom stereocenters. The van der Waals surface area contributed by atoms with E-state index in [2.05, 4.69) is 20.7 Å². The molecule has 2 N–H and O–H groups in total. The highest BCUT2D eigenvalue weighted by Crippen LogP contribution is 2.06. The van der Waals surface area contributed by atoms with E-state index in [-0.39, 0.29) is 29.9 Å². The van der Waals surface area contributed by atoms with Gasteiger partial charge < -0.3 is 15.5 Å². The van der Waals surface area contributed by atoms with Crippen LogP contribution in [0.3, 0.4) is 0 Å². The van der Waals surface area contributed by atoms with Gasteiger partial charge in [-0.1, -0.05) is 12.1 Å². The number of carbonyl (C=O) groups excluding carboxylic acids is 1. The van der Waals surface area contributed by atoms with Crippen LogP contribution in [0.25, 0.3) is 0 Å². The van der Waals surface area contributed by atoms with E-state index in [1.54, 1.807) is 30.7 Å². The topological polar surface area (TPSA) is 74.6 Å². The fourth-order valence-electron chi connectivity index (χ4n) is 2.18. The van der Waals surface area contributed by atoms with Crippen LogP contribution in [-0.4, -0.2) is 47.7 Å². The summed E-state index contributed by atoms with van der Waals surface area (Å²) in [7, 11) is 7.12. The maximum atomic E-state index is 11.9. The molecule has 0 bridgehead atoms. The Hall–Kier alpha value is -2.10. The maximum Gasteiger partial charge on any atom is 0.253 e. The van der Waals surface area contributed by atoms with E-state index in [9.17, 15) is 4.79 Å². The molecule has 8 heteroatoms. The maximum absolute atomic E-state index is 11.9. The van der Waals surface area contributed by atoms with Gasteiger partial charge in [0.25, 0.3) is 5.91 Å². The Balaban J connectivity index is 0.00000312. The monoisotopic (exact) mass is 456 g/mol. The minimum Gasteiger partial charge on any atom is -0.352 e. The van der Waals surface area contributed by atoms with Gasteiger partial charge in [-0.3, -0.25) is 14.5 Å². The number of guanidine groups is 1. The molecule has 0 aliphatic rings. The van der Waals surface area contributed by atoms with Gasteiger partial charge in [-0.05, 0) is 17.7 Å². The SMILES string of the molecule is CN=C(NCc1ccc(C(=O)N(C)C)cc1)NCc1cnn(C)c1.I. The van der Waals surface area contributed by atoms with Crippen LogP contribution in [0, 0.1) is 0 Å². The first-order chi connectivity index (χ1) is 11.5. The van der Waals surface area contributed by atoms with Crippen molar-refractivity contribution in [3.63, 3.8) is 0 Å². The van der Waals surface area contributed by atoms with Crippen molar-refractivity contribution in [2.75, 3.05) is 21.1 Å². The number of nitrogens with zero attached hydrogens (tertiary/aromatic N) is 4. The molecular formula is C17H25IN6O. The predicted molar refractivity (Wildman–Crippen MR) is 110 cm³/mol. The van der Waals surface area contributed by atoms with Crippen molar-refractivity contribution in [3.05, 3.63) is 53.3 Å². The second-order valence-corrected chi connectivity index (χ2v) is 5.70. The van der Waals surface area contributed by atoms with E-state index in [1.165, 1.54) is 0 Å². The first-order valence-electron chi connectivity index (χ1n) is 7.72. The molecule has 0 aliphatic carbocycles. The van der Waals surface area contributed by atoms with Crippen molar-refractivity contribution in [1.82, 2.24) is 25.3 Å². The lowest BCUT2D eigenvalue weighted by Crippen LogP contribution is -2.36. The standard InChI is InChI=1S/C17H24N6O.HI/c1-18-17(20-10-14-11-21-23(4)12-14)19-9-13-5-7-15(8-6-13)16(24)22(2)3;/h5-8,11-12H,9-10H2,1-4H3,(H2,18,19,20);1H. The molecule has 0 fully saturated rings. The number of benzene rings is 1. The van der Waals surface area contributed by atoms with E-state index < -0.39 is 0 Å². The van der Waals surface area contributed by atoms with Crippen molar-refractivity contribution in [3.8, 4) is 0 Å². The van der Waals surface area contributed by atoms with E-state index in [0.717, 1.165) is 11.1 Å². The Kier molecular flexibility index (Phi) is 8.39. The Bertz CT molecular complexity index is 708. The second-order valence-electron chi connectivity index (χ2n) is 5.70. The highest BCUT2D eigenvalue weighted by molar-refractivity contribution is 14.0. The van der Waals surface area contributed by atoms with Crippen LogP contribution in [-0.2, 0) is 20.1 Å². The third-order valence-corrected chi connectivity index (χ3v) is 3.51. The number of rotatable bonds is 5. The van der Waals surface area contributed by atoms with Gasteiger partial charge in [0.1, 0.15) is 0 Å². The summed E-state index contributed by atoms with van der Waals surface area (Å²) in [4.78, 5) is 17.6. The molecule has 0 spiro atoms. The van der Waals surface area contributed by atoms with Gasteiger partial charge >= 0.3 is 0 Å². The summed E-state index contributed by atoms with van der Waals surface area (Å²) < 4.78 is 1.77. The summed E-state index contributed by atoms with van der Waals surface area (Å²) >= 11 is 0. The number of amides is 1. The summed E-state index contributed by atoms with van der Waals surface area (Å²) in [5, 5.41) is 10.6. The van der Waals surface area contributed by atoms with E-state index in [1.807, 2.05) is 43.7 Å². The van der Waals surface area contributed by atoms with Crippen LogP contribution in [0.4, 0.5) is 0 Å². The first kappa shape index (κ1) is 20.9. The van der Waals surface area contributed by atoms with Crippen molar-refractivity contribution < 1.29 is 4.79 Å². The summed E-state index contributed by atoms with van der Waals surface area (Å²) in [6.45, 7) is 1.28. The van der Waals surface area contributed by atoms with Crippen molar-refractivity contribution in [2.24, 2.45) is 12.0 Å². The van der Waals surface area contributed by atoms with Crippen LogP contribution in [0.1, 0.15) is 21.5 Å². The van der Waals surface area contributed by atoms with E-state index >= 15 is 0 Å². The Morgan fingerprint density at radius 1 is 1.16 bits per heavy atom. The summed E-state index contributed by atoms with van der Waals surface area (Å²) in [5.41, 5.74) is 2.85. The van der Waals surface area contributed by atoms with Crippen LogP contribution < -0.4 is 10.6 Å². The summed E-state index contributed by atoms with van der Waals surface area (Å²) in [5.74, 6) is 0.718. The number of aryl methyl sites for hydroxylation is 1.